The van der Waals surface area contributed by atoms with Gasteiger partial charge in [-0.05, 0) is 42.4 Å². The molecule has 2 heterocycles. The van der Waals surface area contributed by atoms with Gasteiger partial charge in [0.25, 0.3) is 0 Å². The summed E-state index contributed by atoms with van der Waals surface area (Å²) >= 11 is 1.48. The molecule has 1 saturated carbocycles. The Labute approximate surface area is 160 Å². The number of likely N-dealkylation sites (tertiary alicyclic amines) is 1. The van der Waals surface area contributed by atoms with Gasteiger partial charge >= 0.3 is 5.97 Å². The highest BCUT2D eigenvalue weighted by Crippen LogP contribution is 2.44. The number of aromatic nitrogens is 1. The number of nitrogens with zero attached hydrogens (tertiary/aromatic N) is 2. The van der Waals surface area contributed by atoms with Crippen LogP contribution in [-0.2, 0) is 22.4 Å². The quantitative estimate of drug-likeness (QED) is 0.826. The fourth-order valence-corrected chi connectivity index (χ4v) is 4.68. The van der Waals surface area contributed by atoms with Crippen LogP contribution in [0.5, 0.6) is 0 Å². The molecule has 2 fully saturated rings. The molecule has 0 bridgehead atoms. The predicted octanol–water partition coefficient (Wildman–Crippen LogP) is 2.98. The second-order valence-electron chi connectivity index (χ2n) is 7.46. The van der Waals surface area contributed by atoms with Crippen LogP contribution >= 0.6 is 11.3 Å². The van der Waals surface area contributed by atoms with Crippen molar-refractivity contribution in [2.24, 2.45) is 17.8 Å². The molecule has 1 aromatic heterocycles. The van der Waals surface area contributed by atoms with E-state index in [1.807, 2.05) is 5.38 Å². The summed E-state index contributed by atoms with van der Waals surface area (Å²) in [6, 6.07) is 6.32. The van der Waals surface area contributed by atoms with Gasteiger partial charge in [-0.1, -0.05) is 12.1 Å². The third-order valence-corrected chi connectivity index (χ3v) is 6.36. The third kappa shape index (κ3) is 4.18. The fourth-order valence-electron chi connectivity index (χ4n) is 3.85. The van der Waals surface area contributed by atoms with Crippen LogP contribution in [0.3, 0.4) is 0 Å². The van der Waals surface area contributed by atoms with E-state index in [1.54, 1.807) is 17.0 Å². The van der Waals surface area contributed by atoms with Gasteiger partial charge in [0, 0.05) is 24.9 Å². The first-order valence-corrected chi connectivity index (χ1v) is 10.1. The first-order valence-electron chi connectivity index (χ1n) is 9.18. The lowest BCUT2D eigenvalue weighted by molar-refractivity contribution is -0.142. The normalized spacial score (nSPS) is 22.2. The number of rotatable bonds is 6. The number of hydrogen-bond acceptors (Lipinski definition) is 4. The largest absolute Gasteiger partial charge is 0.481 e. The molecule has 1 aliphatic heterocycles. The van der Waals surface area contributed by atoms with Crippen LogP contribution in [0.15, 0.2) is 29.6 Å². The topological polar surface area (TPSA) is 70.5 Å². The van der Waals surface area contributed by atoms with Crippen LogP contribution < -0.4 is 0 Å². The number of carbonyl (C=O) groups is 2. The molecule has 1 amide bonds. The van der Waals surface area contributed by atoms with Crippen LogP contribution in [-0.4, -0.2) is 40.0 Å². The standard InChI is InChI=1S/C20H21FN2O3S/c21-14-5-1-12(2-6-14)7-18-22-15(11-27-18)8-19(24)23-9-16(13-3-4-13)17(10-23)20(25)26/h1-2,5-6,11,13,16-17H,3-4,7-10H2,(H,25,26)/t16-,17+/m1/s1. The lowest BCUT2D eigenvalue weighted by atomic mass is 9.92. The summed E-state index contributed by atoms with van der Waals surface area (Å²) in [4.78, 5) is 30.3. The summed E-state index contributed by atoms with van der Waals surface area (Å²) in [5.41, 5.74) is 1.68. The van der Waals surface area contributed by atoms with E-state index in [-0.39, 0.29) is 24.1 Å². The molecule has 7 heteroatoms. The van der Waals surface area contributed by atoms with Crippen molar-refractivity contribution in [3.05, 3.63) is 51.7 Å². The van der Waals surface area contributed by atoms with Crippen LogP contribution in [0.25, 0.3) is 0 Å². The van der Waals surface area contributed by atoms with Crippen molar-refractivity contribution in [1.29, 1.82) is 0 Å². The number of carbonyl (C=O) groups excluding carboxylic acids is 1. The number of aliphatic carboxylic acids is 1. The van der Waals surface area contributed by atoms with Crippen molar-refractivity contribution in [3.8, 4) is 0 Å². The Morgan fingerprint density at radius 1 is 1.22 bits per heavy atom. The first-order chi connectivity index (χ1) is 13.0. The highest BCUT2D eigenvalue weighted by atomic mass is 32.1. The molecular formula is C20H21FN2O3S. The second-order valence-corrected chi connectivity index (χ2v) is 8.40. The van der Waals surface area contributed by atoms with Gasteiger partial charge in [0.2, 0.25) is 5.91 Å². The molecule has 0 radical (unpaired) electrons. The maximum Gasteiger partial charge on any atom is 0.308 e. The van der Waals surface area contributed by atoms with Gasteiger partial charge in [0.15, 0.2) is 0 Å². The molecule has 0 spiro atoms. The van der Waals surface area contributed by atoms with Gasteiger partial charge in [-0.15, -0.1) is 11.3 Å². The van der Waals surface area contributed by atoms with Crippen molar-refractivity contribution < 1.29 is 19.1 Å². The van der Waals surface area contributed by atoms with Gasteiger partial charge in [0.1, 0.15) is 5.82 Å². The number of carboxylic acids is 1. The van der Waals surface area contributed by atoms with Gasteiger partial charge in [0.05, 0.1) is 23.0 Å². The fraction of sp³-hybridized carbons (Fsp3) is 0.450. The smallest absolute Gasteiger partial charge is 0.308 e. The Kier molecular flexibility index (Phi) is 4.95. The Morgan fingerprint density at radius 2 is 1.96 bits per heavy atom. The number of halogens is 1. The summed E-state index contributed by atoms with van der Waals surface area (Å²) in [5, 5.41) is 12.2. The summed E-state index contributed by atoms with van der Waals surface area (Å²) < 4.78 is 13.0. The Balaban J connectivity index is 1.36. The zero-order valence-corrected chi connectivity index (χ0v) is 15.6. The van der Waals surface area contributed by atoms with E-state index in [9.17, 15) is 19.1 Å². The minimum atomic E-state index is -0.794. The van der Waals surface area contributed by atoms with Crippen molar-refractivity contribution in [1.82, 2.24) is 9.88 Å². The number of amides is 1. The summed E-state index contributed by atoms with van der Waals surface area (Å²) in [7, 11) is 0. The lowest BCUT2D eigenvalue weighted by Crippen LogP contribution is -2.31. The van der Waals surface area contributed by atoms with Crippen LogP contribution in [0.4, 0.5) is 4.39 Å². The monoisotopic (exact) mass is 388 g/mol. The molecule has 27 heavy (non-hydrogen) atoms. The summed E-state index contributed by atoms with van der Waals surface area (Å²) in [5.74, 6) is -0.994. The number of hydrogen-bond donors (Lipinski definition) is 1. The van der Waals surface area contributed by atoms with E-state index in [4.69, 9.17) is 0 Å². The van der Waals surface area contributed by atoms with Gasteiger partial charge < -0.3 is 10.0 Å². The third-order valence-electron chi connectivity index (χ3n) is 5.46. The minimum Gasteiger partial charge on any atom is -0.481 e. The van der Waals surface area contributed by atoms with Gasteiger partial charge in [-0.2, -0.15) is 0 Å². The molecule has 5 nitrogen and oxygen atoms in total. The molecule has 142 valence electrons. The molecule has 1 aliphatic carbocycles. The number of benzene rings is 1. The SMILES string of the molecule is O=C(O)[C@H]1CN(C(=O)Cc2csc(Cc3ccc(F)cc3)n2)C[C@@H]1C1CC1. The highest BCUT2D eigenvalue weighted by molar-refractivity contribution is 7.09. The number of thiazole rings is 1. The first kappa shape index (κ1) is 18.1. The molecule has 2 atom stereocenters. The Morgan fingerprint density at radius 3 is 2.63 bits per heavy atom. The zero-order valence-electron chi connectivity index (χ0n) is 14.8. The molecule has 1 N–H and O–H groups in total. The van der Waals surface area contributed by atoms with E-state index in [0.29, 0.717) is 31.1 Å². The average Bonchev–Trinajstić information content (AvgIpc) is 3.22. The summed E-state index contributed by atoms with van der Waals surface area (Å²) in [6.45, 7) is 0.856. The van der Waals surface area contributed by atoms with Crippen molar-refractivity contribution in [3.63, 3.8) is 0 Å². The van der Waals surface area contributed by atoms with Gasteiger partial charge in [-0.25, -0.2) is 9.37 Å². The van der Waals surface area contributed by atoms with Crippen molar-refractivity contribution in [2.75, 3.05) is 13.1 Å². The van der Waals surface area contributed by atoms with E-state index in [2.05, 4.69) is 4.98 Å². The minimum absolute atomic E-state index is 0.0527. The van der Waals surface area contributed by atoms with E-state index >= 15 is 0 Å². The van der Waals surface area contributed by atoms with E-state index in [1.165, 1.54) is 23.5 Å². The molecule has 2 aliphatic rings. The predicted molar refractivity (Wildman–Crippen MR) is 98.9 cm³/mol. The molecular weight excluding hydrogens is 367 g/mol. The Bertz CT molecular complexity index is 847. The molecule has 2 aromatic rings. The molecule has 1 aromatic carbocycles. The molecule has 1 saturated heterocycles. The van der Waals surface area contributed by atoms with Crippen LogP contribution in [0.1, 0.15) is 29.1 Å². The maximum absolute atomic E-state index is 13.0. The maximum atomic E-state index is 13.0. The van der Waals surface area contributed by atoms with Crippen molar-refractivity contribution in [2.45, 2.75) is 25.7 Å². The van der Waals surface area contributed by atoms with E-state index < -0.39 is 11.9 Å². The van der Waals surface area contributed by atoms with E-state index in [0.717, 1.165) is 23.4 Å². The molecule has 0 unspecified atom stereocenters. The lowest BCUT2D eigenvalue weighted by Gasteiger charge is -2.15. The Hall–Kier alpha value is -2.28. The van der Waals surface area contributed by atoms with Crippen LogP contribution in [0.2, 0.25) is 0 Å². The average molecular weight is 388 g/mol. The van der Waals surface area contributed by atoms with Crippen molar-refractivity contribution >= 4 is 23.2 Å². The van der Waals surface area contributed by atoms with Crippen LogP contribution in [0, 0.1) is 23.6 Å². The molecule has 4 rings (SSSR count). The van der Waals surface area contributed by atoms with Gasteiger partial charge in [-0.3, -0.25) is 9.59 Å². The zero-order chi connectivity index (χ0) is 19.0. The number of carboxylic acid groups (broad SMARTS) is 1. The highest BCUT2D eigenvalue weighted by Gasteiger charge is 2.46. The second kappa shape index (κ2) is 7.38. The summed E-state index contributed by atoms with van der Waals surface area (Å²) in [6.07, 6.45) is 2.96.